The lowest BCUT2D eigenvalue weighted by Gasteiger charge is -2.31. The summed E-state index contributed by atoms with van der Waals surface area (Å²) in [5.74, 6) is 0. The first-order valence-electron chi connectivity index (χ1n) is 25.6. The summed E-state index contributed by atoms with van der Waals surface area (Å²) >= 11 is 0. The Hall–Kier alpha value is -9.34. The van der Waals surface area contributed by atoms with Crippen LogP contribution in [0.15, 0.2) is 297 Å². The minimum atomic E-state index is -2.72. The van der Waals surface area contributed by atoms with Gasteiger partial charge >= 0.3 is 0 Å². The number of benzene rings is 12. The van der Waals surface area contributed by atoms with Gasteiger partial charge in [0.05, 0.1) is 11.0 Å². The van der Waals surface area contributed by atoms with E-state index in [1.54, 1.807) is 0 Å². The van der Waals surface area contributed by atoms with E-state index in [1.807, 2.05) is 0 Å². The van der Waals surface area contributed by atoms with Gasteiger partial charge in [-0.25, -0.2) is 0 Å². The minimum Gasteiger partial charge on any atom is -0.309 e. The van der Waals surface area contributed by atoms with E-state index in [0.717, 1.165) is 0 Å². The van der Waals surface area contributed by atoms with Crippen LogP contribution in [0.5, 0.6) is 0 Å². The molecule has 74 heavy (non-hydrogen) atoms. The smallest absolute Gasteiger partial charge is 0.180 e. The quantitative estimate of drug-likeness (QED) is 0.127. The van der Waals surface area contributed by atoms with Crippen molar-refractivity contribution in [3.63, 3.8) is 0 Å². The molecule has 1 nitrogen and oxygen atoms in total. The number of hydrogen-bond acceptors (Lipinski definition) is 0. The number of aromatic nitrogens is 1. The van der Waals surface area contributed by atoms with Crippen LogP contribution < -0.4 is 20.7 Å². The van der Waals surface area contributed by atoms with Crippen molar-refractivity contribution in [3.8, 4) is 83.6 Å². The SMILES string of the molecule is c1ccc(-c2ccc(-c3ccc(-c4ccc5c(c4)c4cc(-c6ccc(-c7ccc(-c8ccccc8)cc7)cc6)ccc4n5-c4ccc5c(c4)[Si](c4ccccc4)(c4ccccc4)c4ccccc4-5)cc3)cc2)cc1. The van der Waals surface area contributed by atoms with Gasteiger partial charge in [0.2, 0.25) is 0 Å². The molecule has 1 aromatic heterocycles. The lowest BCUT2D eigenvalue weighted by atomic mass is 9.96. The van der Waals surface area contributed by atoms with Crippen LogP contribution in [0.3, 0.4) is 0 Å². The Balaban J connectivity index is 0.896. The average molecular weight is 956 g/mol. The summed E-state index contributed by atoms with van der Waals surface area (Å²) in [6, 6.07) is 110. The standard InChI is InChI=1S/C72H49NSi/c1-5-15-50(16-6-1)52-25-29-54(30-26-52)56-33-37-58(38-34-56)60-41-45-69-67(47-60)68-48-61(59-39-35-57(36-40-59)55-31-27-53(28-32-55)51-17-7-2-8-18-51)42-46-70(68)73(69)62-43-44-66-65-23-13-14-24-71(65)74(72(66)49-62,63-19-9-3-10-20-63)64-21-11-4-12-22-64/h1-49H. The van der Waals surface area contributed by atoms with Crippen molar-refractivity contribution in [1.82, 2.24) is 4.57 Å². The Morgan fingerprint density at radius 2 is 0.527 bits per heavy atom. The highest BCUT2D eigenvalue weighted by Gasteiger charge is 2.48. The Morgan fingerprint density at radius 3 is 0.932 bits per heavy atom. The first kappa shape index (κ1) is 43.4. The van der Waals surface area contributed by atoms with E-state index in [-0.39, 0.29) is 0 Å². The van der Waals surface area contributed by atoms with E-state index in [0.29, 0.717) is 0 Å². The van der Waals surface area contributed by atoms with Crippen molar-refractivity contribution < 1.29 is 0 Å². The van der Waals surface area contributed by atoms with Crippen LogP contribution in [0, 0.1) is 0 Å². The molecule has 2 heteroatoms. The summed E-state index contributed by atoms with van der Waals surface area (Å²) in [6.45, 7) is 0. The zero-order valence-corrected chi connectivity index (χ0v) is 41.7. The van der Waals surface area contributed by atoms with Crippen molar-refractivity contribution in [2.75, 3.05) is 0 Å². The molecule has 0 saturated heterocycles. The number of hydrogen-bond donors (Lipinski definition) is 0. The van der Waals surface area contributed by atoms with Gasteiger partial charge < -0.3 is 4.57 Å². The molecule has 0 fully saturated rings. The number of rotatable bonds is 9. The summed E-state index contributed by atoms with van der Waals surface area (Å²) in [6.07, 6.45) is 0. The molecule has 1 aliphatic rings. The van der Waals surface area contributed by atoms with Gasteiger partial charge in [-0.1, -0.05) is 261 Å². The van der Waals surface area contributed by atoms with E-state index in [1.165, 1.54) is 126 Å². The third kappa shape index (κ3) is 7.30. The van der Waals surface area contributed by atoms with E-state index < -0.39 is 8.07 Å². The normalized spacial score (nSPS) is 12.4. The highest BCUT2D eigenvalue weighted by atomic mass is 28.3. The van der Waals surface area contributed by atoms with Gasteiger partial charge in [-0.05, 0) is 135 Å². The second-order valence-electron chi connectivity index (χ2n) is 19.6. The summed E-state index contributed by atoms with van der Waals surface area (Å²) in [5, 5.41) is 8.14. The van der Waals surface area contributed by atoms with Gasteiger partial charge in [0.1, 0.15) is 0 Å². The summed E-state index contributed by atoms with van der Waals surface area (Å²) in [4.78, 5) is 0. The Morgan fingerprint density at radius 1 is 0.216 bits per heavy atom. The summed E-state index contributed by atoms with van der Waals surface area (Å²) < 4.78 is 2.51. The molecule has 2 heterocycles. The van der Waals surface area contributed by atoms with E-state index >= 15 is 0 Å². The fourth-order valence-electron chi connectivity index (χ4n) is 11.9. The Bertz CT molecular complexity index is 3940. The molecule has 12 aromatic carbocycles. The molecule has 0 spiro atoms. The lowest BCUT2D eigenvalue weighted by Crippen LogP contribution is -2.72. The van der Waals surface area contributed by atoms with Crippen molar-refractivity contribution >= 4 is 50.6 Å². The molecule has 0 amide bonds. The fraction of sp³-hybridized carbons (Fsp3) is 0. The maximum Gasteiger partial charge on any atom is 0.180 e. The molecule has 0 radical (unpaired) electrons. The molecule has 0 bridgehead atoms. The van der Waals surface area contributed by atoms with Gasteiger partial charge in [-0.15, -0.1) is 0 Å². The van der Waals surface area contributed by atoms with Crippen LogP contribution >= 0.6 is 0 Å². The van der Waals surface area contributed by atoms with Crippen LogP contribution in [0.1, 0.15) is 0 Å². The molecular formula is C72H49NSi. The maximum absolute atomic E-state index is 2.72. The maximum atomic E-state index is 2.54. The minimum absolute atomic E-state index is 1.17. The van der Waals surface area contributed by atoms with Crippen LogP contribution in [0.4, 0.5) is 0 Å². The van der Waals surface area contributed by atoms with Gasteiger partial charge in [-0.2, -0.15) is 0 Å². The molecule has 14 rings (SSSR count). The van der Waals surface area contributed by atoms with Crippen LogP contribution in [0.25, 0.3) is 105 Å². The Labute approximate surface area is 433 Å². The number of nitrogens with zero attached hydrogens (tertiary/aromatic N) is 1. The summed E-state index contributed by atoms with van der Waals surface area (Å²) in [7, 11) is -2.72. The first-order valence-corrected chi connectivity index (χ1v) is 27.6. The molecule has 0 atom stereocenters. The third-order valence-electron chi connectivity index (χ3n) is 15.6. The molecule has 0 unspecified atom stereocenters. The zero-order valence-electron chi connectivity index (χ0n) is 40.7. The monoisotopic (exact) mass is 955 g/mol. The van der Waals surface area contributed by atoms with E-state index in [9.17, 15) is 0 Å². The molecule has 0 aliphatic carbocycles. The summed E-state index contributed by atoms with van der Waals surface area (Å²) in [5.41, 5.74) is 20.7. The molecular weight excluding hydrogens is 907 g/mol. The van der Waals surface area contributed by atoms with Gasteiger partial charge in [-0.3, -0.25) is 0 Å². The topological polar surface area (TPSA) is 4.93 Å². The molecule has 0 N–H and O–H groups in total. The average Bonchev–Trinajstić information content (AvgIpc) is 3.98. The largest absolute Gasteiger partial charge is 0.309 e. The van der Waals surface area contributed by atoms with E-state index in [4.69, 9.17) is 0 Å². The molecule has 0 saturated carbocycles. The first-order chi connectivity index (χ1) is 36.7. The predicted molar refractivity (Wildman–Crippen MR) is 316 cm³/mol. The zero-order chi connectivity index (χ0) is 49.0. The van der Waals surface area contributed by atoms with Crippen molar-refractivity contribution in [2.24, 2.45) is 0 Å². The van der Waals surface area contributed by atoms with Gasteiger partial charge in [0, 0.05) is 16.5 Å². The van der Waals surface area contributed by atoms with E-state index in [2.05, 4.69) is 302 Å². The van der Waals surface area contributed by atoms with Crippen molar-refractivity contribution in [2.45, 2.75) is 0 Å². The van der Waals surface area contributed by atoms with Crippen LogP contribution in [-0.4, -0.2) is 12.6 Å². The van der Waals surface area contributed by atoms with Gasteiger partial charge in [0.25, 0.3) is 0 Å². The second kappa shape index (κ2) is 18.1. The van der Waals surface area contributed by atoms with Crippen molar-refractivity contribution in [1.29, 1.82) is 0 Å². The van der Waals surface area contributed by atoms with Crippen molar-refractivity contribution in [3.05, 3.63) is 297 Å². The predicted octanol–water partition coefficient (Wildman–Crippen LogP) is 16.1. The number of fused-ring (bicyclic) bond motifs is 6. The molecule has 1 aliphatic heterocycles. The highest BCUT2D eigenvalue weighted by molar-refractivity contribution is 7.22. The Kier molecular flexibility index (Phi) is 10.6. The highest BCUT2D eigenvalue weighted by Crippen LogP contribution is 2.40. The second-order valence-corrected chi connectivity index (χ2v) is 23.3. The fourth-order valence-corrected chi connectivity index (χ4v) is 17.1. The van der Waals surface area contributed by atoms with Gasteiger partial charge in [0.15, 0.2) is 8.07 Å². The molecule has 346 valence electrons. The third-order valence-corrected chi connectivity index (χ3v) is 20.4. The lowest BCUT2D eigenvalue weighted by molar-refractivity contribution is 1.18. The van der Waals surface area contributed by atoms with Crippen LogP contribution in [-0.2, 0) is 0 Å². The molecule has 13 aromatic rings. The van der Waals surface area contributed by atoms with Crippen LogP contribution in [0.2, 0.25) is 0 Å².